The molecule has 0 saturated carbocycles. The Bertz CT molecular complexity index is 343. The summed E-state index contributed by atoms with van der Waals surface area (Å²) < 4.78 is 0. The molecule has 1 heterocycles. The zero-order valence-corrected chi connectivity index (χ0v) is 11.6. The minimum atomic E-state index is 0.0101. The summed E-state index contributed by atoms with van der Waals surface area (Å²) in [6.07, 6.45) is 5.08. The maximum absolute atomic E-state index is 4.83. The van der Waals surface area contributed by atoms with E-state index < -0.39 is 0 Å². The minimum absolute atomic E-state index is 0.0101. The van der Waals surface area contributed by atoms with Crippen LogP contribution in [0.4, 0.5) is 0 Å². The fourth-order valence-corrected chi connectivity index (χ4v) is 3.62. The van der Waals surface area contributed by atoms with E-state index in [2.05, 4.69) is 33.0 Å². The van der Waals surface area contributed by atoms with Crippen LogP contribution in [0.2, 0.25) is 0 Å². The molecule has 0 atom stereocenters. The Morgan fingerprint density at radius 2 is 1.94 bits per heavy atom. The molecule has 1 aromatic heterocycles. The van der Waals surface area contributed by atoms with Crippen LogP contribution in [0.15, 0.2) is 0 Å². The largest absolute Gasteiger partial charge is 0.304 e. The van der Waals surface area contributed by atoms with E-state index in [-0.39, 0.29) is 5.54 Å². The van der Waals surface area contributed by atoms with Crippen LogP contribution in [0.5, 0.6) is 0 Å². The summed E-state index contributed by atoms with van der Waals surface area (Å²) in [7, 11) is 0. The molecule has 1 aromatic rings. The first kappa shape index (κ1) is 12.1. The van der Waals surface area contributed by atoms with Crippen molar-refractivity contribution < 1.29 is 0 Å². The molecule has 1 aliphatic carbocycles. The fourth-order valence-electron chi connectivity index (χ4n) is 2.40. The third-order valence-electron chi connectivity index (χ3n) is 3.03. The van der Waals surface area contributed by atoms with E-state index >= 15 is 0 Å². The minimum Gasteiger partial charge on any atom is -0.304 e. The van der Waals surface area contributed by atoms with E-state index in [0.29, 0.717) is 6.04 Å². The number of aryl methyl sites for hydroxylation is 2. The fraction of sp³-hybridized carbons (Fsp3) is 0.769. The number of nitrogens with zero attached hydrogens (tertiary/aromatic N) is 1. The molecule has 2 rings (SSSR count). The summed E-state index contributed by atoms with van der Waals surface area (Å²) in [6.45, 7) is 8.85. The summed E-state index contributed by atoms with van der Waals surface area (Å²) in [5.41, 5.74) is 1.38. The zero-order valence-electron chi connectivity index (χ0n) is 10.8. The SMILES string of the molecule is CC(C)NC(C)(C)c1nc2c(s1)CCCC2. The Kier molecular flexibility index (Phi) is 3.36. The first-order valence-corrected chi connectivity index (χ1v) is 7.07. The maximum atomic E-state index is 4.83. The van der Waals surface area contributed by atoms with Crippen LogP contribution in [0, 0.1) is 0 Å². The van der Waals surface area contributed by atoms with Gasteiger partial charge in [-0.25, -0.2) is 4.98 Å². The molecule has 0 amide bonds. The molecule has 0 bridgehead atoms. The number of hydrogen-bond acceptors (Lipinski definition) is 3. The highest BCUT2D eigenvalue weighted by Gasteiger charge is 2.27. The molecule has 0 radical (unpaired) electrons. The van der Waals surface area contributed by atoms with Crippen molar-refractivity contribution in [3.63, 3.8) is 0 Å². The normalized spacial score (nSPS) is 16.6. The molecule has 0 aromatic carbocycles. The summed E-state index contributed by atoms with van der Waals surface area (Å²) in [4.78, 5) is 6.36. The van der Waals surface area contributed by atoms with E-state index in [1.54, 1.807) is 0 Å². The van der Waals surface area contributed by atoms with Crippen molar-refractivity contribution in [2.45, 2.75) is 65.0 Å². The molecule has 0 saturated heterocycles. The molecule has 1 aliphatic rings. The van der Waals surface area contributed by atoms with Gasteiger partial charge < -0.3 is 5.32 Å². The van der Waals surface area contributed by atoms with Gasteiger partial charge in [-0.2, -0.15) is 0 Å². The Balaban J connectivity index is 2.23. The van der Waals surface area contributed by atoms with Crippen LogP contribution in [0.25, 0.3) is 0 Å². The second-order valence-electron chi connectivity index (χ2n) is 5.52. The van der Waals surface area contributed by atoms with Crippen LogP contribution in [0.3, 0.4) is 0 Å². The lowest BCUT2D eigenvalue weighted by Gasteiger charge is -2.26. The van der Waals surface area contributed by atoms with Gasteiger partial charge in [0, 0.05) is 10.9 Å². The lowest BCUT2D eigenvalue weighted by atomic mass is 10.0. The summed E-state index contributed by atoms with van der Waals surface area (Å²) in [5.74, 6) is 0. The van der Waals surface area contributed by atoms with Gasteiger partial charge in [0.25, 0.3) is 0 Å². The molecular weight excluding hydrogens is 216 g/mol. The number of aromatic nitrogens is 1. The first-order valence-electron chi connectivity index (χ1n) is 6.26. The second-order valence-corrected chi connectivity index (χ2v) is 6.60. The monoisotopic (exact) mass is 238 g/mol. The van der Waals surface area contributed by atoms with Crippen molar-refractivity contribution >= 4 is 11.3 Å². The molecular formula is C13H22N2S. The van der Waals surface area contributed by atoms with Gasteiger partial charge in [-0.3, -0.25) is 0 Å². The van der Waals surface area contributed by atoms with Gasteiger partial charge >= 0.3 is 0 Å². The molecule has 16 heavy (non-hydrogen) atoms. The van der Waals surface area contributed by atoms with Gasteiger partial charge in [-0.15, -0.1) is 11.3 Å². The maximum Gasteiger partial charge on any atom is 0.113 e. The van der Waals surface area contributed by atoms with Crippen LogP contribution < -0.4 is 5.32 Å². The van der Waals surface area contributed by atoms with E-state index in [1.165, 1.54) is 41.3 Å². The topological polar surface area (TPSA) is 24.9 Å². The van der Waals surface area contributed by atoms with E-state index in [0.717, 1.165) is 0 Å². The highest BCUT2D eigenvalue weighted by atomic mass is 32.1. The van der Waals surface area contributed by atoms with Gasteiger partial charge in [0.1, 0.15) is 5.01 Å². The van der Waals surface area contributed by atoms with Crippen molar-refractivity contribution in [2.24, 2.45) is 0 Å². The van der Waals surface area contributed by atoms with Crippen molar-refractivity contribution in [1.29, 1.82) is 0 Å². The molecule has 90 valence electrons. The van der Waals surface area contributed by atoms with Crippen molar-refractivity contribution in [1.82, 2.24) is 10.3 Å². The summed E-state index contributed by atoms with van der Waals surface area (Å²) in [5, 5.41) is 4.85. The van der Waals surface area contributed by atoms with Crippen LogP contribution in [-0.4, -0.2) is 11.0 Å². The predicted octanol–water partition coefficient (Wildman–Crippen LogP) is 3.26. The average Bonchev–Trinajstić information content (AvgIpc) is 2.59. The molecule has 0 spiro atoms. The Hall–Kier alpha value is -0.410. The highest BCUT2D eigenvalue weighted by molar-refractivity contribution is 7.11. The molecule has 2 nitrogen and oxygen atoms in total. The smallest absolute Gasteiger partial charge is 0.113 e. The number of hydrogen-bond donors (Lipinski definition) is 1. The van der Waals surface area contributed by atoms with Crippen LogP contribution in [0.1, 0.15) is 56.1 Å². The second kappa shape index (κ2) is 4.46. The lowest BCUT2D eigenvalue weighted by Crippen LogP contribution is -2.40. The van der Waals surface area contributed by atoms with Crippen LogP contribution in [-0.2, 0) is 18.4 Å². The highest BCUT2D eigenvalue weighted by Crippen LogP contribution is 2.32. The number of nitrogens with one attached hydrogen (secondary N) is 1. The summed E-state index contributed by atoms with van der Waals surface area (Å²) >= 11 is 1.91. The molecule has 1 N–H and O–H groups in total. The van der Waals surface area contributed by atoms with E-state index in [9.17, 15) is 0 Å². The zero-order chi connectivity index (χ0) is 11.8. The standard InChI is InChI=1S/C13H22N2S/c1-9(2)15-13(3,4)12-14-10-7-5-6-8-11(10)16-12/h9,15H,5-8H2,1-4H3. The molecule has 0 aliphatic heterocycles. The molecule has 0 fully saturated rings. The third kappa shape index (κ3) is 2.46. The first-order chi connectivity index (χ1) is 7.49. The lowest BCUT2D eigenvalue weighted by molar-refractivity contribution is 0.363. The number of fused-ring (bicyclic) bond motifs is 1. The molecule has 3 heteroatoms. The molecule has 0 unspecified atom stereocenters. The Labute approximate surface area is 102 Å². The van der Waals surface area contributed by atoms with Gasteiger partial charge in [-0.1, -0.05) is 0 Å². The summed E-state index contributed by atoms with van der Waals surface area (Å²) in [6, 6.07) is 0.496. The predicted molar refractivity (Wildman–Crippen MR) is 70.1 cm³/mol. The van der Waals surface area contributed by atoms with E-state index in [1.807, 2.05) is 11.3 Å². The van der Waals surface area contributed by atoms with Crippen molar-refractivity contribution in [3.05, 3.63) is 15.6 Å². The van der Waals surface area contributed by atoms with Crippen LogP contribution >= 0.6 is 11.3 Å². The quantitative estimate of drug-likeness (QED) is 0.874. The van der Waals surface area contributed by atoms with Gasteiger partial charge in [-0.05, 0) is 53.4 Å². The Morgan fingerprint density at radius 3 is 2.56 bits per heavy atom. The Morgan fingerprint density at radius 1 is 1.25 bits per heavy atom. The average molecular weight is 238 g/mol. The van der Waals surface area contributed by atoms with Gasteiger partial charge in [0.15, 0.2) is 0 Å². The van der Waals surface area contributed by atoms with E-state index in [4.69, 9.17) is 4.98 Å². The van der Waals surface area contributed by atoms with Gasteiger partial charge in [0.05, 0.1) is 11.2 Å². The van der Waals surface area contributed by atoms with Crippen molar-refractivity contribution in [3.8, 4) is 0 Å². The third-order valence-corrected chi connectivity index (χ3v) is 4.51. The number of thiazole rings is 1. The van der Waals surface area contributed by atoms with Crippen molar-refractivity contribution in [2.75, 3.05) is 0 Å². The van der Waals surface area contributed by atoms with Gasteiger partial charge in [0.2, 0.25) is 0 Å². The number of rotatable bonds is 3.